The first-order valence-electron chi connectivity index (χ1n) is 10.7. The molecule has 1 aromatic heterocycles. The Kier molecular flexibility index (Phi) is 7.10. The Hall–Kier alpha value is -3.58. The molecule has 0 aliphatic carbocycles. The Morgan fingerprint density at radius 2 is 1.61 bits per heavy atom. The molecule has 6 nitrogen and oxygen atoms in total. The van der Waals surface area contributed by atoms with E-state index in [4.69, 9.17) is 4.74 Å². The molecule has 0 N–H and O–H groups in total. The number of aromatic nitrogens is 3. The van der Waals surface area contributed by atoms with Gasteiger partial charge in [0.25, 0.3) is 0 Å². The molecule has 3 aromatic carbocycles. The molecule has 0 spiro atoms. The number of ether oxygens (including phenoxy) is 1. The molecule has 1 heterocycles. The van der Waals surface area contributed by atoms with Crippen LogP contribution in [0.5, 0.6) is 5.75 Å². The molecule has 0 aliphatic heterocycles. The van der Waals surface area contributed by atoms with Crippen LogP contribution >= 0.6 is 11.8 Å². The molecule has 7 heteroatoms. The van der Waals surface area contributed by atoms with Gasteiger partial charge in [0.2, 0.25) is 5.91 Å². The van der Waals surface area contributed by atoms with E-state index in [2.05, 4.69) is 10.2 Å². The van der Waals surface area contributed by atoms with Crippen LogP contribution in [0.4, 0.5) is 5.69 Å². The second-order valence-electron chi connectivity index (χ2n) is 7.62. The molecule has 4 aromatic rings. The zero-order valence-electron chi connectivity index (χ0n) is 18.9. The summed E-state index contributed by atoms with van der Waals surface area (Å²) in [6.45, 7) is 4.16. The number of benzene rings is 3. The van der Waals surface area contributed by atoms with Gasteiger partial charge in [-0.25, -0.2) is 0 Å². The van der Waals surface area contributed by atoms with Gasteiger partial charge in [-0.15, -0.1) is 10.2 Å². The molecule has 0 aliphatic rings. The fourth-order valence-electron chi connectivity index (χ4n) is 3.43. The third-order valence-electron chi connectivity index (χ3n) is 5.27. The van der Waals surface area contributed by atoms with Crippen molar-refractivity contribution in [3.63, 3.8) is 0 Å². The Morgan fingerprint density at radius 1 is 0.970 bits per heavy atom. The number of aryl methyl sites for hydroxylation is 1. The zero-order valence-corrected chi connectivity index (χ0v) is 19.7. The third-order valence-corrected chi connectivity index (χ3v) is 6.30. The highest BCUT2D eigenvalue weighted by atomic mass is 32.2. The normalized spacial score (nSPS) is 11.7. The molecule has 1 amide bonds. The minimum Gasteiger partial charge on any atom is -0.485 e. The second-order valence-corrected chi connectivity index (χ2v) is 8.92. The van der Waals surface area contributed by atoms with E-state index in [-0.39, 0.29) is 17.8 Å². The molecule has 0 radical (unpaired) electrons. The monoisotopic (exact) mass is 458 g/mol. The van der Waals surface area contributed by atoms with Crippen molar-refractivity contribution in [2.24, 2.45) is 0 Å². The van der Waals surface area contributed by atoms with Gasteiger partial charge < -0.3 is 9.64 Å². The maximum absolute atomic E-state index is 13.1. The number of para-hydroxylation sites is 3. The lowest BCUT2D eigenvalue weighted by molar-refractivity contribution is -0.117. The maximum Gasteiger partial charge on any atom is 0.240 e. The molecule has 0 fully saturated rings. The van der Waals surface area contributed by atoms with Crippen molar-refractivity contribution in [2.75, 3.05) is 11.9 Å². The van der Waals surface area contributed by atoms with Crippen molar-refractivity contribution >= 4 is 23.4 Å². The van der Waals surface area contributed by atoms with Gasteiger partial charge in [-0.3, -0.25) is 9.36 Å². The molecule has 33 heavy (non-hydrogen) atoms. The minimum absolute atomic E-state index is 0.00785. The highest BCUT2D eigenvalue weighted by Gasteiger charge is 2.24. The summed E-state index contributed by atoms with van der Waals surface area (Å²) in [5.41, 5.74) is 2.83. The van der Waals surface area contributed by atoms with Gasteiger partial charge >= 0.3 is 0 Å². The third kappa shape index (κ3) is 5.26. The van der Waals surface area contributed by atoms with Crippen molar-refractivity contribution in [3.8, 4) is 11.4 Å². The molecule has 0 bridgehead atoms. The lowest BCUT2D eigenvalue weighted by Crippen LogP contribution is -2.33. The summed E-state index contributed by atoms with van der Waals surface area (Å²) in [5.74, 6) is 1.47. The van der Waals surface area contributed by atoms with Crippen LogP contribution in [-0.4, -0.2) is 33.0 Å². The quantitative estimate of drug-likeness (QED) is 0.336. The van der Waals surface area contributed by atoms with Crippen LogP contribution in [0.15, 0.2) is 90.1 Å². The molecule has 0 saturated carbocycles. The lowest BCUT2D eigenvalue weighted by Gasteiger charge is -2.21. The molecule has 1 atom stereocenters. The summed E-state index contributed by atoms with van der Waals surface area (Å²) in [5, 5.41) is 9.09. The van der Waals surface area contributed by atoms with E-state index in [1.54, 1.807) is 11.9 Å². The number of anilines is 1. The number of carbonyl (C=O) groups excluding carboxylic acids is 1. The molecule has 1 unspecified atom stereocenters. The maximum atomic E-state index is 13.1. The number of thioether (sulfide) groups is 1. The van der Waals surface area contributed by atoms with E-state index in [9.17, 15) is 4.79 Å². The average Bonchev–Trinajstić information content (AvgIpc) is 3.25. The topological polar surface area (TPSA) is 60.3 Å². The smallest absolute Gasteiger partial charge is 0.240 e. The van der Waals surface area contributed by atoms with Crippen molar-refractivity contribution in [2.45, 2.75) is 30.9 Å². The van der Waals surface area contributed by atoms with Gasteiger partial charge in [0.15, 0.2) is 11.0 Å². The van der Waals surface area contributed by atoms with Crippen LogP contribution < -0.4 is 9.64 Å². The predicted octanol–water partition coefficient (Wildman–Crippen LogP) is 5.30. The summed E-state index contributed by atoms with van der Waals surface area (Å²) in [6, 6.07) is 27.4. The van der Waals surface area contributed by atoms with Crippen LogP contribution in [0, 0.1) is 6.92 Å². The average molecular weight is 459 g/mol. The number of amides is 1. The van der Waals surface area contributed by atoms with Gasteiger partial charge in [-0.05, 0) is 49.7 Å². The summed E-state index contributed by atoms with van der Waals surface area (Å²) in [7, 11) is 1.79. The van der Waals surface area contributed by atoms with Crippen LogP contribution in [-0.2, 0) is 11.4 Å². The lowest BCUT2D eigenvalue weighted by atomic mass is 10.2. The molecular weight excluding hydrogens is 432 g/mol. The van der Waals surface area contributed by atoms with E-state index in [1.165, 1.54) is 11.8 Å². The second kappa shape index (κ2) is 10.4. The molecule has 0 saturated heterocycles. The van der Waals surface area contributed by atoms with Crippen LogP contribution in [0.1, 0.15) is 18.3 Å². The first-order chi connectivity index (χ1) is 16.0. The Balaban J connectivity index is 1.57. The number of nitrogens with zero attached hydrogens (tertiary/aromatic N) is 4. The fraction of sp³-hybridized carbons (Fsp3) is 0.192. The number of rotatable bonds is 8. The van der Waals surface area contributed by atoms with Gasteiger partial charge in [0.1, 0.15) is 12.4 Å². The fourth-order valence-corrected chi connectivity index (χ4v) is 4.41. The first-order valence-corrected chi connectivity index (χ1v) is 11.6. The van der Waals surface area contributed by atoms with Crippen LogP contribution in [0.2, 0.25) is 0 Å². The van der Waals surface area contributed by atoms with E-state index in [0.29, 0.717) is 11.0 Å². The van der Waals surface area contributed by atoms with Crippen LogP contribution in [0.3, 0.4) is 0 Å². The Labute approximate surface area is 198 Å². The Morgan fingerprint density at radius 3 is 2.30 bits per heavy atom. The van der Waals surface area contributed by atoms with Crippen LogP contribution in [0.25, 0.3) is 5.69 Å². The largest absolute Gasteiger partial charge is 0.485 e. The van der Waals surface area contributed by atoms with Gasteiger partial charge in [0.05, 0.1) is 5.25 Å². The van der Waals surface area contributed by atoms with E-state index >= 15 is 0 Å². The van der Waals surface area contributed by atoms with Crippen molar-refractivity contribution in [1.82, 2.24) is 14.8 Å². The van der Waals surface area contributed by atoms with E-state index in [0.717, 1.165) is 22.7 Å². The molecule has 168 valence electrons. The first kappa shape index (κ1) is 22.6. The zero-order chi connectivity index (χ0) is 23.2. The predicted molar refractivity (Wildman–Crippen MR) is 132 cm³/mol. The summed E-state index contributed by atoms with van der Waals surface area (Å²) < 4.78 is 7.99. The highest BCUT2D eigenvalue weighted by Crippen LogP contribution is 2.28. The van der Waals surface area contributed by atoms with Crippen molar-refractivity contribution in [3.05, 3.63) is 96.3 Å². The van der Waals surface area contributed by atoms with Crippen molar-refractivity contribution < 1.29 is 9.53 Å². The van der Waals surface area contributed by atoms with E-state index < -0.39 is 0 Å². The van der Waals surface area contributed by atoms with Gasteiger partial charge in [-0.1, -0.05) is 66.4 Å². The molecular formula is C26H26N4O2S. The van der Waals surface area contributed by atoms with Crippen molar-refractivity contribution in [1.29, 1.82) is 0 Å². The standard InChI is InChI=1S/C26H26N4O2S/c1-19-12-10-11-17-23(19)32-18-24-27-28-26(30(24)22-15-8-5-9-16-22)33-20(2)25(31)29(3)21-13-6-4-7-14-21/h4-17,20H,18H2,1-3H3. The Bertz CT molecular complexity index is 1210. The minimum atomic E-state index is -0.355. The SMILES string of the molecule is Cc1ccccc1OCc1nnc(SC(C)C(=O)N(C)c2ccccc2)n1-c1ccccc1. The van der Waals surface area contributed by atoms with Gasteiger partial charge in [-0.2, -0.15) is 0 Å². The highest BCUT2D eigenvalue weighted by molar-refractivity contribution is 8.00. The number of hydrogen-bond acceptors (Lipinski definition) is 5. The summed E-state index contributed by atoms with van der Waals surface area (Å²) in [6.07, 6.45) is 0. The van der Waals surface area contributed by atoms with E-state index in [1.807, 2.05) is 103 Å². The number of hydrogen-bond donors (Lipinski definition) is 0. The van der Waals surface area contributed by atoms with Gasteiger partial charge in [0, 0.05) is 18.4 Å². The summed E-state index contributed by atoms with van der Waals surface area (Å²) >= 11 is 1.38. The molecule has 4 rings (SSSR count). The summed E-state index contributed by atoms with van der Waals surface area (Å²) in [4.78, 5) is 14.7. The number of carbonyl (C=O) groups is 1.